The summed E-state index contributed by atoms with van der Waals surface area (Å²) in [6.45, 7) is 6.58. The van der Waals surface area contributed by atoms with Gasteiger partial charge in [0.1, 0.15) is 18.1 Å². The van der Waals surface area contributed by atoms with Crippen LogP contribution in [0.4, 0.5) is 0 Å². The van der Waals surface area contributed by atoms with Gasteiger partial charge in [0.2, 0.25) is 0 Å². The van der Waals surface area contributed by atoms with Crippen molar-refractivity contribution < 1.29 is 13.9 Å². The van der Waals surface area contributed by atoms with Gasteiger partial charge in [-0.2, -0.15) is 0 Å². The SMILES string of the molecule is COCCN(Cc1ccc(COC)o1)C[C@H]1CCCN(C2Cc3ccccc3C2)C1. The highest BCUT2D eigenvalue weighted by Crippen LogP contribution is 2.29. The number of likely N-dealkylation sites (tertiary alicyclic amines) is 1. The fourth-order valence-electron chi connectivity index (χ4n) is 5.14. The Balaban J connectivity index is 1.34. The number of piperidine rings is 1. The molecule has 1 aliphatic carbocycles. The number of nitrogens with zero attached hydrogens (tertiary/aromatic N) is 2. The van der Waals surface area contributed by atoms with Crippen LogP contribution in [0.2, 0.25) is 0 Å². The summed E-state index contributed by atoms with van der Waals surface area (Å²) >= 11 is 0. The highest BCUT2D eigenvalue weighted by atomic mass is 16.5. The molecule has 0 N–H and O–H groups in total. The van der Waals surface area contributed by atoms with Gasteiger partial charge < -0.3 is 13.9 Å². The van der Waals surface area contributed by atoms with Crippen LogP contribution in [0.25, 0.3) is 0 Å². The fraction of sp³-hybridized carbons (Fsp3) is 0.600. The van der Waals surface area contributed by atoms with E-state index in [1.807, 2.05) is 6.07 Å². The van der Waals surface area contributed by atoms with Crippen LogP contribution >= 0.6 is 0 Å². The van der Waals surface area contributed by atoms with E-state index in [1.165, 1.54) is 38.8 Å². The fourth-order valence-corrected chi connectivity index (χ4v) is 5.14. The van der Waals surface area contributed by atoms with E-state index in [-0.39, 0.29) is 0 Å². The molecule has 30 heavy (non-hydrogen) atoms. The first-order chi connectivity index (χ1) is 14.7. The van der Waals surface area contributed by atoms with Gasteiger partial charge in [-0.05, 0) is 61.4 Å². The smallest absolute Gasteiger partial charge is 0.129 e. The number of fused-ring (bicyclic) bond motifs is 1. The molecule has 0 radical (unpaired) electrons. The van der Waals surface area contributed by atoms with Gasteiger partial charge in [-0.15, -0.1) is 0 Å². The van der Waals surface area contributed by atoms with Crippen molar-refractivity contribution in [2.24, 2.45) is 5.92 Å². The van der Waals surface area contributed by atoms with E-state index in [1.54, 1.807) is 25.3 Å². The lowest BCUT2D eigenvalue weighted by molar-refractivity contribution is 0.0808. The first-order valence-corrected chi connectivity index (χ1v) is 11.3. The van der Waals surface area contributed by atoms with E-state index in [2.05, 4.69) is 40.1 Å². The molecule has 5 nitrogen and oxygen atoms in total. The number of hydrogen-bond donors (Lipinski definition) is 0. The Morgan fingerprint density at radius 1 is 1.03 bits per heavy atom. The van der Waals surface area contributed by atoms with Crippen molar-refractivity contribution in [1.29, 1.82) is 0 Å². The Kier molecular flexibility index (Phi) is 7.61. The Labute approximate surface area is 180 Å². The minimum absolute atomic E-state index is 0.527. The van der Waals surface area contributed by atoms with Gasteiger partial charge in [0.25, 0.3) is 0 Å². The third-order valence-corrected chi connectivity index (χ3v) is 6.61. The minimum atomic E-state index is 0.527. The number of methoxy groups -OCH3 is 2. The molecule has 2 aromatic rings. The van der Waals surface area contributed by atoms with Gasteiger partial charge in [-0.1, -0.05) is 24.3 Å². The van der Waals surface area contributed by atoms with Gasteiger partial charge in [0.15, 0.2) is 0 Å². The lowest BCUT2D eigenvalue weighted by atomic mass is 9.95. The summed E-state index contributed by atoms with van der Waals surface area (Å²) in [5, 5.41) is 0. The molecule has 0 unspecified atom stereocenters. The first-order valence-electron chi connectivity index (χ1n) is 11.3. The molecule has 0 saturated carbocycles. The highest BCUT2D eigenvalue weighted by Gasteiger charge is 2.31. The predicted octanol–water partition coefficient (Wildman–Crippen LogP) is 3.75. The standard InChI is InChI=1S/C25H36N2O3/c1-28-13-12-26(18-24-9-10-25(30-24)19-29-2)16-20-6-5-11-27(17-20)23-14-21-7-3-4-8-22(21)15-23/h3-4,7-10,20,23H,5-6,11-19H2,1-2H3/t20-/m1/s1. The molecule has 0 amide bonds. The molecule has 1 aromatic carbocycles. The second kappa shape index (κ2) is 10.6. The third kappa shape index (κ3) is 5.52. The molecule has 5 heteroatoms. The first kappa shape index (κ1) is 21.6. The van der Waals surface area contributed by atoms with Crippen LogP contribution < -0.4 is 0 Å². The van der Waals surface area contributed by atoms with Crippen LogP contribution in [0, 0.1) is 5.92 Å². The van der Waals surface area contributed by atoms with Crippen LogP contribution in [-0.4, -0.2) is 62.8 Å². The van der Waals surface area contributed by atoms with Gasteiger partial charge >= 0.3 is 0 Å². The molecule has 164 valence electrons. The van der Waals surface area contributed by atoms with Crippen molar-refractivity contribution >= 4 is 0 Å². The van der Waals surface area contributed by atoms with Crippen LogP contribution in [0.5, 0.6) is 0 Å². The van der Waals surface area contributed by atoms with Crippen LogP contribution in [0.3, 0.4) is 0 Å². The van der Waals surface area contributed by atoms with E-state index < -0.39 is 0 Å². The van der Waals surface area contributed by atoms with E-state index in [4.69, 9.17) is 13.9 Å². The molecule has 0 bridgehead atoms. The summed E-state index contributed by atoms with van der Waals surface area (Å²) in [4.78, 5) is 5.25. The quantitative estimate of drug-likeness (QED) is 0.594. The number of hydrogen-bond acceptors (Lipinski definition) is 5. The monoisotopic (exact) mass is 412 g/mol. The minimum Gasteiger partial charge on any atom is -0.462 e. The molecule has 1 aromatic heterocycles. The Morgan fingerprint density at radius 2 is 1.80 bits per heavy atom. The Hall–Kier alpha value is -1.66. The average Bonchev–Trinajstić information content (AvgIpc) is 3.39. The van der Waals surface area contributed by atoms with Gasteiger partial charge in [0, 0.05) is 39.9 Å². The summed E-state index contributed by atoms with van der Waals surface area (Å²) in [5.74, 6) is 2.61. The predicted molar refractivity (Wildman–Crippen MR) is 119 cm³/mol. The molecule has 4 rings (SSSR count). The summed E-state index contributed by atoms with van der Waals surface area (Å²) in [6, 6.07) is 13.8. The molecule has 2 aliphatic rings. The van der Waals surface area contributed by atoms with E-state index in [0.29, 0.717) is 18.6 Å². The maximum atomic E-state index is 5.94. The summed E-state index contributed by atoms with van der Waals surface area (Å²) in [6.07, 6.45) is 5.04. The second-order valence-electron chi connectivity index (χ2n) is 8.86. The van der Waals surface area contributed by atoms with Crippen molar-refractivity contribution in [3.8, 4) is 0 Å². The molecule has 1 aliphatic heterocycles. The van der Waals surface area contributed by atoms with Crippen molar-refractivity contribution in [2.45, 2.75) is 44.9 Å². The summed E-state index contributed by atoms with van der Waals surface area (Å²) < 4.78 is 16.5. The van der Waals surface area contributed by atoms with E-state index >= 15 is 0 Å². The Morgan fingerprint density at radius 3 is 2.53 bits per heavy atom. The van der Waals surface area contributed by atoms with Crippen LogP contribution in [-0.2, 0) is 35.5 Å². The molecule has 1 saturated heterocycles. The van der Waals surface area contributed by atoms with Crippen LogP contribution in [0.15, 0.2) is 40.8 Å². The average molecular weight is 413 g/mol. The maximum Gasteiger partial charge on any atom is 0.129 e. The van der Waals surface area contributed by atoms with Crippen molar-refractivity contribution in [2.75, 3.05) is 47.0 Å². The number of furan rings is 1. The van der Waals surface area contributed by atoms with Gasteiger partial charge in [-0.25, -0.2) is 0 Å². The third-order valence-electron chi connectivity index (χ3n) is 6.61. The maximum absolute atomic E-state index is 5.94. The van der Waals surface area contributed by atoms with Crippen LogP contribution in [0.1, 0.15) is 35.5 Å². The van der Waals surface area contributed by atoms with E-state index in [0.717, 1.165) is 37.8 Å². The zero-order chi connectivity index (χ0) is 20.8. The normalized spacial score (nSPS) is 20.2. The lowest BCUT2D eigenvalue weighted by Crippen LogP contribution is -2.46. The largest absolute Gasteiger partial charge is 0.462 e. The summed E-state index contributed by atoms with van der Waals surface area (Å²) in [5.41, 5.74) is 3.10. The molecule has 0 spiro atoms. The van der Waals surface area contributed by atoms with Gasteiger partial charge in [-0.3, -0.25) is 9.80 Å². The van der Waals surface area contributed by atoms with Crippen molar-refractivity contribution in [3.63, 3.8) is 0 Å². The highest BCUT2D eigenvalue weighted by molar-refractivity contribution is 5.33. The molecule has 1 fully saturated rings. The zero-order valence-electron chi connectivity index (χ0n) is 18.5. The summed E-state index contributed by atoms with van der Waals surface area (Å²) in [7, 11) is 3.48. The number of ether oxygens (including phenoxy) is 2. The topological polar surface area (TPSA) is 38.1 Å². The number of benzene rings is 1. The molecule has 1 atom stereocenters. The second-order valence-corrected chi connectivity index (χ2v) is 8.86. The van der Waals surface area contributed by atoms with Crippen molar-refractivity contribution in [3.05, 3.63) is 59.0 Å². The zero-order valence-corrected chi connectivity index (χ0v) is 18.5. The lowest BCUT2D eigenvalue weighted by Gasteiger charge is -2.38. The molecular formula is C25H36N2O3. The number of rotatable bonds is 10. The molecule has 2 heterocycles. The molecular weight excluding hydrogens is 376 g/mol. The van der Waals surface area contributed by atoms with E-state index in [9.17, 15) is 0 Å². The van der Waals surface area contributed by atoms with Crippen molar-refractivity contribution in [1.82, 2.24) is 9.80 Å². The van der Waals surface area contributed by atoms with Gasteiger partial charge in [0.05, 0.1) is 13.2 Å². The Bertz CT molecular complexity index is 765.